The first kappa shape index (κ1) is 20.1. The molecular weight excluding hydrogens is 430 g/mol. The molecule has 30 heavy (non-hydrogen) atoms. The van der Waals surface area contributed by atoms with Crippen molar-refractivity contribution in [1.29, 1.82) is 0 Å². The van der Waals surface area contributed by atoms with Crippen molar-refractivity contribution in [3.63, 3.8) is 0 Å². The van der Waals surface area contributed by atoms with E-state index in [0.29, 0.717) is 9.82 Å². The Bertz CT molecular complexity index is 1360. The van der Waals surface area contributed by atoms with E-state index in [-0.39, 0.29) is 34.2 Å². The van der Waals surface area contributed by atoms with Gasteiger partial charge in [0.15, 0.2) is 0 Å². The molecule has 0 aliphatic carbocycles. The van der Waals surface area contributed by atoms with E-state index >= 15 is 0 Å². The number of benzene rings is 2. The number of ether oxygens (including phenoxy) is 1. The molecule has 0 unspecified atom stereocenters. The Hall–Kier alpha value is -3.18. The number of fused-ring (bicyclic) bond motifs is 1. The van der Waals surface area contributed by atoms with Gasteiger partial charge >= 0.3 is 0 Å². The second kappa shape index (κ2) is 7.26. The van der Waals surface area contributed by atoms with Crippen molar-refractivity contribution >= 4 is 48.2 Å². The molecule has 3 aromatic rings. The standard InChI is InChI=1S/C19H17N3O6S2/c1-28-16-8-7-14(22-18(23)9-11-29(22,24)25)12-17(16)30(26,27)21-15-6-2-4-13-5-3-10-20-19(13)15/h2-8,10,12,21H,9,11H2,1H3. The minimum Gasteiger partial charge on any atom is -0.495 e. The Balaban J connectivity index is 1.81. The summed E-state index contributed by atoms with van der Waals surface area (Å²) in [6.07, 6.45) is 1.39. The van der Waals surface area contributed by atoms with Gasteiger partial charge in [-0.1, -0.05) is 18.2 Å². The predicted octanol–water partition coefficient (Wildman–Crippen LogP) is 2.11. The van der Waals surface area contributed by atoms with E-state index in [9.17, 15) is 21.6 Å². The monoisotopic (exact) mass is 447 g/mol. The summed E-state index contributed by atoms with van der Waals surface area (Å²) in [6, 6.07) is 12.3. The van der Waals surface area contributed by atoms with Gasteiger partial charge in [0.25, 0.3) is 10.0 Å². The first-order valence-corrected chi connectivity index (χ1v) is 11.9. The van der Waals surface area contributed by atoms with Crippen LogP contribution in [0.1, 0.15) is 6.42 Å². The van der Waals surface area contributed by atoms with E-state index < -0.39 is 26.0 Å². The van der Waals surface area contributed by atoms with Crippen molar-refractivity contribution in [2.24, 2.45) is 0 Å². The number of para-hydroxylation sites is 1. The summed E-state index contributed by atoms with van der Waals surface area (Å²) >= 11 is 0. The number of rotatable bonds is 5. The zero-order valence-electron chi connectivity index (χ0n) is 15.8. The molecule has 9 nitrogen and oxygen atoms in total. The highest BCUT2D eigenvalue weighted by Crippen LogP contribution is 2.34. The first-order chi connectivity index (χ1) is 14.2. The number of carbonyl (C=O) groups excluding carboxylic acids is 1. The lowest BCUT2D eigenvalue weighted by molar-refractivity contribution is -0.116. The highest BCUT2D eigenvalue weighted by Gasteiger charge is 2.37. The number of hydrogen-bond acceptors (Lipinski definition) is 7. The molecule has 1 fully saturated rings. The third-order valence-corrected chi connectivity index (χ3v) is 7.70. The van der Waals surface area contributed by atoms with Gasteiger partial charge < -0.3 is 4.74 Å². The van der Waals surface area contributed by atoms with Gasteiger partial charge in [0.2, 0.25) is 15.9 Å². The number of hydrogen-bond donors (Lipinski definition) is 1. The fraction of sp³-hybridized carbons (Fsp3) is 0.158. The van der Waals surface area contributed by atoms with Crippen LogP contribution < -0.4 is 13.8 Å². The first-order valence-electron chi connectivity index (χ1n) is 8.83. The molecule has 1 aliphatic rings. The molecule has 1 saturated heterocycles. The van der Waals surface area contributed by atoms with Crippen LogP contribution in [0.3, 0.4) is 0 Å². The van der Waals surface area contributed by atoms with Crippen LogP contribution in [0.2, 0.25) is 0 Å². The molecule has 156 valence electrons. The molecule has 1 amide bonds. The topological polar surface area (TPSA) is 123 Å². The molecule has 2 aromatic carbocycles. The van der Waals surface area contributed by atoms with Gasteiger partial charge in [-0.05, 0) is 30.3 Å². The number of sulfonamides is 2. The van der Waals surface area contributed by atoms with Crippen molar-refractivity contribution in [2.45, 2.75) is 11.3 Å². The van der Waals surface area contributed by atoms with Gasteiger partial charge in [-0.3, -0.25) is 14.5 Å². The van der Waals surface area contributed by atoms with Crippen molar-refractivity contribution in [2.75, 3.05) is 21.9 Å². The van der Waals surface area contributed by atoms with Crippen LogP contribution in [0.25, 0.3) is 10.9 Å². The van der Waals surface area contributed by atoms with Crippen LogP contribution in [0.5, 0.6) is 5.75 Å². The number of amides is 1. The maximum Gasteiger partial charge on any atom is 0.265 e. The molecule has 0 radical (unpaired) electrons. The van der Waals surface area contributed by atoms with E-state index in [4.69, 9.17) is 4.74 Å². The van der Waals surface area contributed by atoms with Crippen LogP contribution in [0.4, 0.5) is 11.4 Å². The predicted molar refractivity (Wildman–Crippen MR) is 111 cm³/mol. The smallest absolute Gasteiger partial charge is 0.265 e. The van der Waals surface area contributed by atoms with Crippen molar-refractivity contribution < 1.29 is 26.4 Å². The zero-order valence-corrected chi connectivity index (χ0v) is 17.4. The quantitative estimate of drug-likeness (QED) is 0.635. The summed E-state index contributed by atoms with van der Waals surface area (Å²) in [6.45, 7) is 0. The van der Waals surface area contributed by atoms with Crippen LogP contribution in [0, 0.1) is 0 Å². The molecule has 0 saturated carbocycles. The number of aromatic nitrogens is 1. The van der Waals surface area contributed by atoms with E-state index in [1.165, 1.54) is 19.2 Å². The Kier molecular flexibility index (Phi) is 4.86. The Morgan fingerprint density at radius 2 is 1.90 bits per heavy atom. The summed E-state index contributed by atoms with van der Waals surface area (Å²) in [5.74, 6) is -0.932. The van der Waals surface area contributed by atoms with Crippen LogP contribution in [-0.4, -0.2) is 40.6 Å². The summed E-state index contributed by atoms with van der Waals surface area (Å²) in [4.78, 5) is 16.0. The van der Waals surface area contributed by atoms with Gasteiger partial charge in [0.1, 0.15) is 10.6 Å². The van der Waals surface area contributed by atoms with E-state index in [0.717, 1.165) is 11.5 Å². The second-order valence-electron chi connectivity index (χ2n) is 6.55. The number of pyridine rings is 1. The summed E-state index contributed by atoms with van der Waals surface area (Å²) in [7, 11) is -6.75. The van der Waals surface area contributed by atoms with Crippen LogP contribution >= 0.6 is 0 Å². The van der Waals surface area contributed by atoms with Gasteiger partial charge in [-0.2, -0.15) is 0 Å². The third-order valence-electron chi connectivity index (χ3n) is 4.63. The Morgan fingerprint density at radius 3 is 2.60 bits per heavy atom. The average Bonchev–Trinajstić information content (AvgIpc) is 3.00. The molecule has 1 aliphatic heterocycles. The molecule has 1 N–H and O–H groups in total. The molecular formula is C19H17N3O6S2. The Morgan fingerprint density at radius 1 is 1.13 bits per heavy atom. The fourth-order valence-electron chi connectivity index (χ4n) is 3.26. The third kappa shape index (κ3) is 3.46. The van der Waals surface area contributed by atoms with Gasteiger partial charge in [0, 0.05) is 18.0 Å². The van der Waals surface area contributed by atoms with Crippen molar-refractivity contribution in [3.05, 3.63) is 54.7 Å². The number of methoxy groups -OCH3 is 1. The number of nitrogens with zero attached hydrogens (tertiary/aromatic N) is 2. The lowest BCUT2D eigenvalue weighted by Crippen LogP contribution is -2.29. The summed E-state index contributed by atoms with van der Waals surface area (Å²) in [5, 5.41) is 0.743. The lowest BCUT2D eigenvalue weighted by Gasteiger charge is -2.18. The number of carbonyl (C=O) groups is 1. The molecule has 0 spiro atoms. The fourth-order valence-corrected chi connectivity index (χ4v) is 5.96. The molecule has 0 bridgehead atoms. The highest BCUT2D eigenvalue weighted by atomic mass is 32.2. The largest absolute Gasteiger partial charge is 0.495 e. The normalized spacial score (nSPS) is 16.0. The Labute approximate surface area is 173 Å². The highest BCUT2D eigenvalue weighted by molar-refractivity contribution is 7.94. The minimum absolute atomic E-state index is 0.00323. The molecule has 4 rings (SSSR count). The summed E-state index contributed by atoms with van der Waals surface area (Å²) < 4.78 is 59.1. The van der Waals surface area contributed by atoms with Crippen LogP contribution in [0.15, 0.2) is 59.6 Å². The van der Waals surface area contributed by atoms with Gasteiger partial charge in [-0.15, -0.1) is 0 Å². The van der Waals surface area contributed by atoms with E-state index in [1.54, 1.807) is 36.5 Å². The van der Waals surface area contributed by atoms with Crippen LogP contribution in [-0.2, 0) is 24.8 Å². The van der Waals surface area contributed by atoms with Gasteiger partial charge in [0.05, 0.1) is 29.8 Å². The molecule has 11 heteroatoms. The molecule has 2 heterocycles. The molecule has 0 atom stereocenters. The summed E-state index contributed by atoms with van der Waals surface area (Å²) in [5.41, 5.74) is 0.649. The lowest BCUT2D eigenvalue weighted by atomic mass is 10.2. The van der Waals surface area contributed by atoms with Crippen molar-refractivity contribution in [1.82, 2.24) is 4.98 Å². The van der Waals surface area contributed by atoms with Gasteiger partial charge in [-0.25, -0.2) is 21.1 Å². The number of anilines is 2. The van der Waals surface area contributed by atoms with E-state index in [1.807, 2.05) is 0 Å². The molecule has 1 aromatic heterocycles. The SMILES string of the molecule is COc1ccc(N2C(=O)CCS2(=O)=O)cc1S(=O)(=O)Nc1cccc2cccnc12. The maximum atomic E-state index is 13.2. The van der Waals surface area contributed by atoms with Crippen molar-refractivity contribution in [3.8, 4) is 5.75 Å². The minimum atomic E-state index is -4.20. The zero-order chi connectivity index (χ0) is 21.5. The average molecular weight is 447 g/mol. The van der Waals surface area contributed by atoms with E-state index in [2.05, 4.69) is 9.71 Å². The maximum absolute atomic E-state index is 13.2. The number of nitrogens with one attached hydrogen (secondary N) is 1. The second-order valence-corrected chi connectivity index (χ2v) is 10.1.